The number of thiophene rings is 1. The summed E-state index contributed by atoms with van der Waals surface area (Å²) in [5, 5.41) is 13.8. The third-order valence-electron chi connectivity index (χ3n) is 2.23. The minimum Gasteiger partial charge on any atom is -0.395 e. The van der Waals surface area contributed by atoms with Gasteiger partial charge in [-0.1, -0.05) is 11.8 Å². The van der Waals surface area contributed by atoms with Crippen LogP contribution in [0.5, 0.6) is 0 Å². The molecule has 0 radical (unpaired) electrons. The first kappa shape index (κ1) is 13.7. The second-order valence-corrected chi connectivity index (χ2v) is 5.64. The van der Waals surface area contributed by atoms with Crippen LogP contribution in [0.15, 0.2) is 17.6 Å². The summed E-state index contributed by atoms with van der Waals surface area (Å²) in [6.07, 6.45) is 2.09. The van der Waals surface area contributed by atoms with Crippen molar-refractivity contribution >= 4 is 33.7 Å². The van der Waals surface area contributed by atoms with Crippen molar-refractivity contribution in [2.24, 2.45) is 0 Å². The molecule has 4 nitrogen and oxygen atoms in total. The number of rotatable bonds is 3. The maximum absolute atomic E-state index is 12.0. The fourth-order valence-electron chi connectivity index (χ4n) is 1.36. The summed E-state index contributed by atoms with van der Waals surface area (Å²) in [6.45, 7) is 1.97. The SMILES string of the molecule is Cc1cc(C(=O)Nc2nccs2)sc1C#CCCO. The number of carbonyl (C=O) groups is 1. The van der Waals surface area contributed by atoms with Crippen molar-refractivity contribution in [3.63, 3.8) is 0 Å². The first-order valence-corrected chi connectivity index (χ1v) is 7.31. The fourth-order valence-corrected chi connectivity index (χ4v) is 2.83. The van der Waals surface area contributed by atoms with Gasteiger partial charge < -0.3 is 5.11 Å². The Morgan fingerprint density at radius 2 is 2.42 bits per heavy atom. The summed E-state index contributed by atoms with van der Waals surface area (Å²) in [4.78, 5) is 17.5. The molecule has 0 saturated carbocycles. The lowest BCUT2D eigenvalue weighted by Gasteiger charge is -1.96. The van der Waals surface area contributed by atoms with Crippen LogP contribution in [0, 0.1) is 18.8 Å². The molecular formula is C13H12N2O2S2. The number of carbonyl (C=O) groups excluding carboxylic acids is 1. The van der Waals surface area contributed by atoms with Crippen molar-refractivity contribution in [2.45, 2.75) is 13.3 Å². The van der Waals surface area contributed by atoms with Gasteiger partial charge in [0.2, 0.25) is 0 Å². The topological polar surface area (TPSA) is 62.2 Å². The van der Waals surface area contributed by atoms with Crippen LogP contribution in [0.4, 0.5) is 5.13 Å². The molecule has 2 rings (SSSR count). The summed E-state index contributed by atoms with van der Waals surface area (Å²) in [7, 11) is 0. The second kappa shape index (κ2) is 6.48. The average molecular weight is 292 g/mol. The molecule has 0 unspecified atom stereocenters. The van der Waals surface area contributed by atoms with E-state index in [0.717, 1.165) is 10.4 Å². The van der Waals surface area contributed by atoms with Crippen LogP contribution in [0.25, 0.3) is 0 Å². The van der Waals surface area contributed by atoms with Crippen LogP contribution in [0.1, 0.15) is 26.5 Å². The highest BCUT2D eigenvalue weighted by Gasteiger charge is 2.12. The lowest BCUT2D eigenvalue weighted by Crippen LogP contribution is -2.09. The number of hydrogen-bond acceptors (Lipinski definition) is 5. The third-order valence-corrected chi connectivity index (χ3v) is 4.07. The standard InChI is InChI=1S/C13H12N2O2S2/c1-9-8-11(19-10(9)4-2-3-6-16)12(17)15-13-14-5-7-18-13/h5,7-8,16H,3,6H2,1H3,(H,14,15,17). The van der Waals surface area contributed by atoms with E-state index in [1.807, 2.05) is 13.0 Å². The smallest absolute Gasteiger partial charge is 0.267 e. The predicted octanol–water partition coefficient (Wildman–Crippen LogP) is 2.50. The summed E-state index contributed by atoms with van der Waals surface area (Å²) >= 11 is 2.73. The molecule has 0 atom stereocenters. The minimum absolute atomic E-state index is 0.0504. The Balaban J connectivity index is 2.11. The number of aliphatic hydroxyl groups excluding tert-OH is 1. The Bertz CT molecular complexity index is 621. The maximum atomic E-state index is 12.0. The highest BCUT2D eigenvalue weighted by atomic mass is 32.1. The number of thiazole rings is 1. The molecule has 0 aromatic carbocycles. The number of aliphatic hydroxyl groups is 1. The molecule has 2 N–H and O–H groups in total. The maximum Gasteiger partial charge on any atom is 0.267 e. The van der Waals surface area contributed by atoms with Gasteiger partial charge in [-0.05, 0) is 18.6 Å². The van der Waals surface area contributed by atoms with Crippen molar-refractivity contribution < 1.29 is 9.90 Å². The van der Waals surface area contributed by atoms with Crippen LogP contribution < -0.4 is 5.32 Å². The van der Waals surface area contributed by atoms with Gasteiger partial charge in [0.25, 0.3) is 5.91 Å². The molecule has 2 aromatic rings. The zero-order chi connectivity index (χ0) is 13.7. The predicted molar refractivity (Wildman–Crippen MR) is 77.7 cm³/mol. The van der Waals surface area contributed by atoms with Gasteiger partial charge in [-0.15, -0.1) is 22.7 Å². The van der Waals surface area contributed by atoms with Crippen LogP contribution >= 0.6 is 22.7 Å². The molecular weight excluding hydrogens is 280 g/mol. The molecule has 0 fully saturated rings. The van der Waals surface area contributed by atoms with Crippen molar-refractivity contribution in [1.82, 2.24) is 4.98 Å². The lowest BCUT2D eigenvalue weighted by molar-refractivity contribution is 0.103. The number of nitrogens with zero attached hydrogens (tertiary/aromatic N) is 1. The van der Waals surface area contributed by atoms with Gasteiger partial charge in [-0.25, -0.2) is 4.98 Å². The monoisotopic (exact) mass is 292 g/mol. The molecule has 19 heavy (non-hydrogen) atoms. The molecule has 0 spiro atoms. The normalized spacial score (nSPS) is 9.79. The van der Waals surface area contributed by atoms with Crippen LogP contribution in [0.3, 0.4) is 0 Å². The molecule has 0 aliphatic rings. The van der Waals surface area contributed by atoms with E-state index >= 15 is 0 Å². The van der Waals surface area contributed by atoms with Crippen LogP contribution in [0.2, 0.25) is 0 Å². The Labute approximate surface area is 119 Å². The Morgan fingerprint density at radius 3 is 3.11 bits per heavy atom. The fraction of sp³-hybridized carbons (Fsp3) is 0.231. The molecule has 2 heterocycles. The van der Waals surface area contributed by atoms with Crippen molar-refractivity contribution in [1.29, 1.82) is 0 Å². The summed E-state index contributed by atoms with van der Waals surface area (Å²) in [5.74, 6) is 5.65. The third kappa shape index (κ3) is 3.64. The van der Waals surface area contributed by atoms with E-state index in [1.54, 1.807) is 11.6 Å². The largest absolute Gasteiger partial charge is 0.395 e. The van der Waals surface area contributed by atoms with Gasteiger partial charge in [-0.2, -0.15) is 0 Å². The molecule has 0 saturated heterocycles. The van der Waals surface area contributed by atoms with Gasteiger partial charge in [0.05, 0.1) is 16.4 Å². The van der Waals surface area contributed by atoms with E-state index < -0.39 is 0 Å². The van der Waals surface area contributed by atoms with Crippen molar-refractivity contribution in [3.8, 4) is 11.8 Å². The molecule has 98 valence electrons. The van der Waals surface area contributed by atoms with Gasteiger partial charge in [-0.3, -0.25) is 10.1 Å². The highest BCUT2D eigenvalue weighted by Crippen LogP contribution is 2.22. The number of nitrogens with one attached hydrogen (secondary N) is 1. The van der Waals surface area contributed by atoms with Gasteiger partial charge in [0, 0.05) is 18.0 Å². The molecule has 1 amide bonds. The molecule has 6 heteroatoms. The summed E-state index contributed by atoms with van der Waals surface area (Å²) in [6, 6.07) is 1.82. The summed E-state index contributed by atoms with van der Waals surface area (Å²) in [5.41, 5.74) is 0.972. The number of aryl methyl sites for hydroxylation is 1. The van der Waals surface area contributed by atoms with E-state index in [2.05, 4.69) is 22.1 Å². The zero-order valence-electron chi connectivity index (χ0n) is 10.3. The quantitative estimate of drug-likeness (QED) is 0.854. The van der Waals surface area contributed by atoms with E-state index in [-0.39, 0.29) is 12.5 Å². The molecule has 0 aliphatic heterocycles. The van der Waals surface area contributed by atoms with Crippen molar-refractivity contribution in [3.05, 3.63) is 33.0 Å². The molecule has 2 aromatic heterocycles. The Hall–Kier alpha value is -1.68. The lowest BCUT2D eigenvalue weighted by atomic mass is 10.2. The molecule has 0 bridgehead atoms. The highest BCUT2D eigenvalue weighted by molar-refractivity contribution is 7.15. The van der Waals surface area contributed by atoms with Gasteiger partial charge in [0.1, 0.15) is 0 Å². The van der Waals surface area contributed by atoms with Crippen molar-refractivity contribution in [2.75, 3.05) is 11.9 Å². The Kier molecular flexibility index (Phi) is 4.68. The number of amides is 1. The first-order chi connectivity index (χ1) is 9.20. The van der Waals surface area contributed by atoms with E-state index in [1.165, 1.54) is 22.7 Å². The van der Waals surface area contributed by atoms with E-state index in [9.17, 15) is 4.79 Å². The minimum atomic E-state index is -0.168. The Morgan fingerprint density at radius 1 is 1.58 bits per heavy atom. The number of hydrogen-bond donors (Lipinski definition) is 2. The van der Waals surface area contributed by atoms with E-state index in [0.29, 0.717) is 16.4 Å². The van der Waals surface area contributed by atoms with E-state index in [4.69, 9.17) is 5.11 Å². The second-order valence-electron chi connectivity index (χ2n) is 3.69. The molecule has 0 aliphatic carbocycles. The summed E-state index contributed by atoms with van der Waals surface area (Å²) < 4.78 is 0. The van der Waals surface area contributed by atoms with Crippen LogP contribution in [-0.2, 0) is 0 Å². The van der Waals surface area contributed by atoms with Gasteiger partial charge >= 0.3 is 0 Å². The number of aromatic nitrogens is 1. The van der Waals surface area contributed by atoms with Crippen LogP contribution in [-0.4, -0.2) is 22.6 Å². The average Bonchev–Trinajstić information content (AvgIpc) is 3.00. The number of anilines is 1. The first-order valence-electron chi connectivity index (χ1n) is 5.61. The van der Waals surface area contributed by atoms with Gasteiger partial charge in [0.15, 0.2) is 5.13 Å². The zero-order valence-corrected chi connectivity index (χ0v) is 11.9.